The van der Waals surface area contributed by atoms with E-state index >= 15 is 0 Å². The van der Waals surface area contributed by atoms with Crippen molar-refractivity contribution in [2.75, 3.05) is 42.0 Å². The fraction of sp³-hybridized carbons (Fsp3) is 0.417. The highest BCUT2D eigenvalue weighted by Crippen LogP contribution is 2.39. The van der Waals surface area contributed by atoms with Gasteiger partial charge < -0.3 is 33.0 Å². The molecule has 2 aromatic heterocycles. The summed E-state index contributed by atoms with van der Waals surface area (Å²) in [5, 5.41) is 0. The zero-order valence-corrected chi connectivity index (χ0v) is 27.7. The Bertz CT molecular complexity index is 1740. The number of hydrogen-bond acceptors (Lipinski definition) is 8. The number of pyridine rings is 1. The largest absolute Gasteiger partial charge is 0.497 e. The van der Waals surface area contributed by atoms with E-state index in [1.165, 1.54) is 7.11 Å². The molecule has 0 saturated carbocycles. The Hall–Kier alpha value is -4.57. The van der Waals surface area contributed by atoms with Crippen LogP contribution in [0.15, 0.2) is 53.3 Å². The predicted octanol–water partition coefficient (Wildman–Crippen LogP) is 5.15. The summed E-state index contributed by atoms with van der Waals surface area (Å²) in [6.07, 6.45) is 3.94. The van der Waals surface area contributed by atoms with Gasteiger partial charge in [-0.05, 0) is 70.9 Å². The van der Waals surface area contributed by atoms with Crippen molar-refractivity contribution in [1.29, 1.82) is 0 Å². The van der Waals surface area contributed by atoms with Gasteiger partial charge in [-0.25, -0.2) is 9.78 Å². The van der Waals surface area contributed by atoms with Gasteiger partial charge in [0.25, 0.3) is 5.56 Å². The first kappa shape index (κ1) is 32.8. The predicted molar refractivity (Wildman–Crippen MR) is 177 cm³/mol. The van der Waals surface area contributed by atoms with Gasteiger partial charge in [0, 0.05) is 35.9 Å². The third kappa shape index (κ3) is 6.67. The van der Waals surface area contributed by atoms with Crippen molar-refractivity contribution in [3.8, 4) is 28.6 Å². The second-order valence-electron chi connectivity index (χ2n) is 11.7. The molecule has 2 aromatic carbocycles. The Labute approximate surface area is 270 Å². The second-order valence-corrected chi connectivity index (χ2v) is 11.7. The maximum atomic E-state index is 14.6. The van der Waals surface area contributed by atoms with E-state index in [4.69, 9.17) is 23.9 Å². The molecule has 5 rings (SSSR count). The number of carbonyl (C=O) groups is 1. The Kier molecular flexibility index (Phi) is 10.5. The van der Waals surface area contributed by atoms with Crippen LogP contribution in [-0.2, 0) is 43.7 Å². The van der Waals surface area contributed by atoms with Crippen LogP contribution in [0.4, 0.5) is 0 Å². The number of hydrogen-bond donors (Lipinski definition) is 0. The molecule has 10 nitrogen and oxygen atoms in total. The van der Waals surface area contributed by atoms with Crippen LogP contribution >= 0.6 is 0 Å². The Balaban J connectivity index is 1.77. The molecule has 1 aliphatic rings. The normalized spacial score (nSPS) is 12.3. The highest BCUT2D eigenvalue weighted by molar-refractivity contribution is 5.93. The van der Waals surface area contributed by atoms with Crippen molar-refractivity contribution in [3.05, 3.63) is 92.7 Å². The zero-order valence-electron chi connectivity index (χ0n) is 27.7. The highest BCUT2D eigenvalue weighted by Gasteiger charge is 2.33. The van der Waals surface area contributed by atoms with Crippen molar-refractivity contribution < 1.29 is 23.7 Å². The third-order valence-electron chi connectivity index (χ3n) is 8.49. The minimum Gasteiger partial charge on any atom is -0.497 e. The van der Waals surface area contributed by atoms with Crippen LogP contribution in [0.2, 0.25) is 0 Å². The maximum Gasteiger partial charge on any atom is 0.347 e. The summed E-state index contributed by atoms with van der Waals surface area (Å²) >= 11 is 0. The Morgan fingerprint density at radius 2 is 1.78 bits per heavy atom. The van der Waals surface area contributed by atoms with E-state index in [2.05, 4.69) is 30.5 Å². The third-order valence-corrected chi connectivity index (χ3v) is 8.49. The van der Waals surface area contributed by atoms with Crippen molar-refractivity contribution >= 4 is 5.97 Å². The van der Waals surface area contributed by atoms with Gasteiger partial charge in [-0.1, -0.05) is 30.3 Å². The van der Waals surface area contributed by atoms with Crippen LogP contribution in [0.25, 0.3) is 11.4 Å². The van der Waals surface area contributed by atoms with Crippen molar-refractivity contribution in [3.63, 3.8) is 0 Å². The van der Waals surface area contributed by atoms with Gasteiger partial charge in [-0.3, -0.25) is 4.79 Å². The molecule has 0 bridgehead atoms. The van der Waals surface area contributed by atoms with E-state index in [-0.39, 0.29) is 24.5 Å². The topological polar surface area (TPSA) is 97.1 Å². The smallest absolute Gasteiger partial charge is 0.347 e. The molecule has 0 N–H and O–H groups in total. The van der Waals surface area contributed by atoms with E-state index in [1.54, 1.807) is 24.9 Å². The molecule has 0 fully saturated rings. The van der Waals surface area contributed by atoms with E-state index in [0.29, 0.717) is 23.6 Å². The average molecular weight is 629 g/mol. The van der Waals surface area contributed by atoms with Crippen molar-refractivity contribution in [2.45, 2.75) is 58.7 Å². The fourth-order valence-electron chi connectivity index (χ4n) is 6.26. The molecule has 0 unspecified atom stereocenters. The quantitative estimate of drug-likeness (QED) is 0.188. The van der Waals surface area contributed by atoms with Crippen LogP contribution in [0, 0.1) is 0 Å². The number of nitrogens with zero attached hydrogens (tertiary/aromatic N) is 4. The number of aryl methyl sites for hydroxylation is 1. The van der Waals surface area contributed by atoms with Crippen LogP contribution in [-0.4, -0.2) is 67.0 Å². The van der Waals surface area contributed by atoms with E-state index in [9.17, 15) is 9.59 Å². The molecule has 46 heavy (non-hydrogen) atoms. The summed E-state index contributed by atoms with van der Waals surface area (Å²) in [5.74, 6) is 1.73. The molecule has 0 amide bonds. The number of fused-ring (bicyclic) bond motifs is 3. The summed E-state index contributed by atoms with van der Waals surface area (Å²) in [4.78, 5) is 35.4. The summed E-state index contributed by atoms with van der Waals surface area (Å²) < 4.78 is 26.7. The van der Waals surface area contributed by atoms with Gasteiger partial charge in [0.1, 0.15) is 35.4 Å². The Morgan fingerprint density at radius 3 is 2.46 bits per heavy atom. The molecule has 0 spiro atoms. The van der Waals surface area contributed by atoms with Crippen LogP contribution in [0.3, 0.4) is 0 Å². The molecule has 0 saturated heterocycles. The number of benzene rings is 2. The number of methoxy groups -OCH3 is 3. The van der Waals surface area contributed by atoms with Crippen LogP contribution in [0.1, 0.15) is 58.3 Å². The summed E-state index contributed by atoms with van der Waals surface area (Å²) in [5.41, 5.74) is 4.37. The molecule has 10 heteroatoms. The molecular weight excluding hydrogens is 584 g/mol. The van der Waals surface area contributed by atoms with Gasteiger partial charge in [0.2, 0.25) is 0 Å². The number of imidazole rings is 1. The molecule has 0 aliphatic heterocycles. The molecule has 4 aromatic rings. The summed E-state index contributed by atoms with van der Waals surface area (Å²) in [6.45, 7) is 4.18. The number of rotatable bonds is 13. The van der Waals surface area contributed by atoms with E-state index in [1.807, 2.05) is 42.5 Å². The molecular formula is C36H44N4O6. The minimum atomic E-state index is -0.737. The summed E-state index contributed by atoms with van der Waals surface area (Å²) in [7, 11) is 8.60. The standard InChI is InChI=1S/C36H44N4O6/c1-7-39-28-16-11-15-27-33(32(28)37-30(39)17-12-20-38(2)3)40(22-25-18-19-26(43-4)21-29(25)44-5)35(41)31(36(42)45-6)34(27)46-23-24-13-9-8-10-14-24/h8-10,13-14,18-19,21H,7,11-12,15-17,20,22-23H2,1-6H3. The molecule has 0 atom stereocenters. The first-order chi connectivity index (χ1) is 22.3. The number of ether oxygens (including phenoxy) is 4. The molecule has 0 radical (unpaired) electrons. The number of esters is 1. The van der Waals surface area contributed by atoms with Gasteiger partial charge in [0.05, 0.1) is 33.6 Å². The van der Waals surface area contributed by atoms with Crippen LogP contribution in [0.5, 0.6) is 17.2 Å². The van der Waals surface area contributed by atoms with Crippen molar-refractivity contribution in [1.82, 2.24) is 19.0 Å². The minimum absolute atomic E-state index is 0.116. The first-order valence-corrected chi connectivity index (χ1v) is 15.8. The maximum absolute atomic E-state index is 14.6. The second kappa shape index (κ2) is 14.7. The lowest BCUT2D eigenvalue weighted by Crippen LogP contribution is -2.31. The lowest BCUT2D eigenvalue weighted by atomic mass is 10.0. The average Bonchev–Trinajstić information content (AvgIpc) is 3.30. The van der Waals surface area contributed by atoms with Gasteiger partial charge in [-0.15, -0.1) is 0 Å². The lowest BCUT2D eigenvalue weighted by Gasteiger charge is -2.22. The summed E-state index contributed by atoms with van der Waals surface area (Å²) in [6, 6.07) is 15.2. The number of aromatic nitrogens is 3. The highest BCUT2D eigenvalue weighted by atomic mass is 16.5. The van der Waals surface area contributed by atoms with Crippen molar-refractivity contribution in [2.24, 2.45) is 0 Å². The molecule has 2 heterocycles. The van der Waals surface area contributed by atoms with E-state index < -0.39 is 11.5 Å². The van der Waals surface area contributed by atoms with Gasteiger partial charge in [0.15, 0.2) is 5.56 Å². The lowest BCUT2D eigenvalue weighted by molar-refractivity contribution is 0.0592. The zero-order chi connectivity index (χ0) is 32.8. The Morgan fingerprint density at radius 1 is 1.00 bits per heavy atom. The first-order valence-electron chi connectivity index (χ1n) is 15.8. The monoisotopic (exact) mass is 628 g/mol. The van der Waals surface area contributed by atoms with Gasteiger partial charge >= 0.3 is 5.97 Å². The van der Waals surface area contributed by atoms with Crippen LogP contribution < -0.4 is 19.8 Å². The fourth-order valence-corrected chi connectivity index (χ4v) is 6.26. The number of carbonyl (C=O) groups excluding carboxylic acids is 1. The van der Waals surface area contributed by atoms with E-state index in [0.717, 1.165) is 72.7 Å². The SMILES string of the molecule is CCn1c(CCCN(C)C)nc2c1CCCc1c(OCc3ccccc3)c(C(=O)OC)c(=O)n(Cc3ccc(OC)cc3OC)c1-2. The van der Waals surface area contributed by atoms with Gasteiger partial charge in [-0.2, -0.15) is 0 Å². The molecule has 244 valence electrons. The molecule has 1 aliphatic carbocycles.